The molecule has 5 N–H and O–H groups in total. The van der Waals surface area contributed by atoms with Gasteiger partial charge in [0.05, 0.1) is 11.0 Å². The predicted octanol–water partition coefficient (Wildman–Crippen LogP) is 0.0754. The summed E-state index contributed by atoms with van der Waals surface area (Å²) >= 11 is 0. The molecule has 0 spiro atoms. The molecule has 0 saturated heterocycles. The van der Waals surface area contributed by atoms with Crippen molar-refractivity contribution in [2.45, 2.75) is 6.04 Å². The molecule has 0 aliphatic rings. The third-order valence-corrected chi connectivity index (χ3v) is 2.39. The van der Waals surface area contributed by atoms with Gasteiger partial charge < -0.3 is 21.0 Å². The van der Waals surface area contributed by atoms with Gasteiger partial charge in [-0.1, -0.05) is 6.07 Å². The van der Waals surface area contributed by atoms with Crippen LogP contribution in [0.15, 0.2) is 23.0 Å². The molecule has 0 aliphatic heterocycles. The van der Waals surface area contributed by atoms with Crippen molar-refractivity contribution in [2.75, 3.05) is 13.6 Å². The molecule has 1 aromatic heterocycles. The molecule has 0 radical (unpaired) electrons. The van der Waals surface area contributed by atoms with Crippen molar-refractivity contribution in [1.82, 2.24) is 15.3 Å². The van der Waals surface area contributed by atoms with Gasteiger partial charge >= 0.3 is 5.69 Å². The van der Waals surface area contributed by atoms with Crippen LogP contribution in [0.25, 0.3) is 11.0 Å². The minimum absolute atomic E-state index is 0.0576. The van der Waals surface area contributed by atoms with E-state index in [1.807, 2.05) is 25.2 Å². The first-order chi connectivity index (χ1) is 7.20. The van der Waals surface area contributed by atoms with Gasteiger partial charge in [-0.05, 0) is 24.7 Å². The third kappa shape index (κ3) is 1.93. The van der Waals surface area contributed by atoms with Crippen molar-refractivity contribution in [3.05, 3.63) is 34.2 Å². The fraction of sp³-hybridized carbons (Fsp3) is 0.300. The molecule has 2 rings (SSSR count). The summed E-state index contributed by atoms with van der Waals surface area (Å²) in [6, 6.07) is 5.62. The van der Waals surface area contributed by atoms with Gasteiger partial charge in [0, 0.05) is 12.6 Å². The van der Waals surface area contributed by atoms with E-state index in [1.54, 1.807) is 0 Å². The van der Waals surface area contributed by atoms with Crippen molar-refractivity contribution in [2.24, 2.45) is 5.73 Å². The fourth-order valence-electron chi connectivity index (χ4n) is 1.62. The van der Waals surface area contributed by atoms with E-state index in [4.69, 9.17) is 5.73 Å². The summed E-state index contributed by atoms with van der Waals surface area (Å²) < 4.78 is 0. The van der Waals surface area contributed by atoms with Crippen LogP contribution in [0.1, 0.15) is 11.6 Å². The first kappa shape index (κ1) is 9.95. The molecule has 1 heterocycles. The maximum atomic E-state index is 11.0. The number of hydrogen-bond acceptors (Lipinski definition) is 3. The number of benzene rings is 1. The molecule has 0 amide bonds. The molecule has 0 fully saturated rings. The van der Waals surface area contributed by atoms with Crippen LogP contribution in [0.3, 0.4) is 0 Å². The van der Waals surface area contributed by atoms with Crippen LogP contribution in [0.2, 0.25) is 0 Å². The average Bonchev–Trinajstić information content (AvgIpc) is 2.57. The van der Waals surface area contributed by atoms with Gasteiger partial charge in [-0.3, -0.25) is 0 Å². The monoisotopic (exact) mass is 206 g/mol. The number of hydrogen-bond donors (Lipinski definition) is 4. The highest BCUT2D eigenvalue weighted by Crippen LogP contribution is 2.14. The molecule has 1 aromatic carbocycles. The summed E-state index contributed by atoms with van der Waals surface area (Å²) in [4.78, 5) is 16.4. The number of nitrogens with two attached hydrogens (primary N) is 1. The topological polar surface area (TPSA) is 86.7 Å². The van der Waals surface area contributed by atoms with Crippen molar-refractivity contribution in [3.63, 3.8) is 0 Å². The minimum atomic E-state index is -0.190. The Labute approximate surface area is 86.7 Å². The maximum Gasteiger partial charge on any atom is 0.323 e. The van der Waals surface area contributed by atoms with E-state index in [0.717, 1.165) is 16.6 Å². The number of aromatic nitrogens is 2. The van der Waals surface area contributed by atoms with Crippen molar-refractivity contribution in [1.29, 1.82) is 0 Å². The first-order valence-electron chi connectivity index (χ1n) is 4.83. The van der Waals surface area contributed by atoms with Crippen molar-refractivity contribution in [3.8, 4) is 0 Å². The molecule has 0 saturated carbocycles. The Bertz CT molecular complexity index is 513. The minimum Gasteiger partial charge on any atom is -0.323 e. The summed E-state index contributed by atoms with van der Waals surface area (Å²) in [7, 11) is 1.86. The molecule has 0 bridgehead atoms. The summed E-state index contributed by atoms with van der Waals surface area (Å²) in [6.45, 7) is 0.708. The zero-order chi connectivity index (χ0) is 10.8. The Balaban J connectivity index is 2.41. The second-order valence-electron chi connectivity index (χ2n) is 3.55. The molecule has 5 heteroatoms. The largest absolute Gasteiger partial charge is 0.323 e. The summed E-state index contributed by atoms with van der Waals surface area (Å²) in [5.74, 6) is 0. The van der Waals surface area contributed by atoms with Gasteiger partial charge in [0.2, 0.25) is 0 Å². The Hall–Kier alpha value is -1.59. The lowest BCUT2D eigenvalue weighted by Crippen LogP contribution is -2.23. The first-order valence-corrected chi connectivity index (χ1v) is 4.83. The van der Waals surface area contributed by atoms with E-state index >= 15 is 0 Å². The van der Waals surface area contributed by atoms with Gasteiger partial charge in [0.1, 0.15) is 0 Å². The third-order valence-electron chi connectivity index (χ3n) is 2.39. The van der Waals surface area contributed by atoms with E-state index in [2.05, 4.69) is 15.3 Å². The SMILES string of the molecule is CNCC(N)c1ccc2[nH]c(=O)[nH]c2c1. The molecule has 5 nitrogen and oxygen atoms in total. The average molecular weight is 206 g/mol. The molecule has 1 atom stereocenters. The van der Waals surface area contributed by atoms with Crippen molar-refractivity contribution < 1.29 is 0 Å². The number of fused-ring (bicyclic) bond motifs is 1. The summed E-state index contributed by atoms with van der Waals surface area (Å²) in [5.41, 5.74) is 8.36. The molecule has 80 valence electrons. The maximum absolute atomic E-state index is 11.0. The van der Waals surface area contributed by atoms with Crippen LogP contribution in [-0.2, 0) is 0 Å². The normalized spacial score (nSPS) is 13.2. The fourth-order valence-corrected chi connectivity index (χ4v) is 1.62. The summed E-state index contributed by atoms with van der Waals surface area (Å²) in [6.07, 6.45) is 0. The van der Waals surface area contributed by atoms with Crippen LogP contribution >= 0.6 is 0 Å². The lowest BCUT2D eigenvalue weighted by atomic mass is 10.1. The standard InChI is InChI=1S/C10H14N4O/c1-12-5-7(11)6-2-3-8-9(4-6)14-10(15)13-8/h2-4,7,12H,5,11H2,1H3,(H2,13,14,15). The van der Waals surface area contributed by atoms with Gasteiger partial charge in [0.25, 0.3) is 0 Å². The number of H-pyrrole nitrogens is 2. The molecular weight excluding hydrogens is 192 g/mol. The lowest BCUT2D eigenvalue weighted by Gasteiger charge is -2.10. The second-order valence-corrected chi connectivity index (χ2v) is 3.55. The van der Waals surface area contributed by atoms with Crippen LogP contribution in [0.5, 0.6) is 0 Å². The van der Waals surface area contributed by atoms with Crippen molar-refractivity contribution >= 4 is 11.0 Å². The smallest absolute Gasteiger partial charge is 0.323 e. The van der Waals surface area contributed by atoms with Crippen LogP contribution < -0.4 is 16.7 Å². The van der Waals surface area contributed by atoms with E-state index in [0.29, 0.717) is 6.54 Å². The molecular formula is C10H14N4O. The Morgan fingerprint density at radius 3 is 2.87 bits per heavy atom. The Morgan fingerprint density at radius 1 is 1.40 bits per heavy atom. The number of rotatable bonds is 3. The zero-order valence-electron chi connectivity index (χ0n) is 8.50. The molecule has 2 aromatic rings. The van der Waals surface area contributed by atoms with E-state index < -0.39 is 0 Å². The summed E-state index contributed by atoms with van der Waals surface area (Å²) in [5, 5.41) is 3.01. The predicted molar refractivity (Wildman–Crippen MR) is 59.8 cm³/mol. The van der Waals surface area contributed by atoms with E-state index in [9.17, 15) is 4.79 Å². The van der Waals surface area contributed by atoms with Crippen LogP contribution in [0.4, 0.5) is 0 Å². The highest BCUT2D eigenvalue weighted by atomic mass is 16.1. The highest BCUT2D eigenvalue weighted by Gasteiger charge is 2.06. The number of nitrogens with one attached hydrogen (secondary N) is 3. The number of aromatic amines is 2. The number of likely N-dealkylation sites (N-methyl/N-ethyl adjacent to an activating group) is 1. The molecule has 15 heavy (non-hydrogen) atoms. The highest BCUT2D eigenvalue weighted by molar-refractivity contribution is 5.75. The Morgan fingerprint density at radius 2 is 2.13 bits per heavy atom. The quantitative estimate of drug-likeness (QED) is 0.573. The lowest BCUT2D eigenvalue weighted by molar-refractivity contribution is 0.654. The molecule has 1 unspecified atom stereocenters. The van der Waals surface area contributed by atoms with Gasteiger partial charge in [0.15, 0.2) is 0 Å². The van der Waals surface area contributed by atoms with Gasteiger partial charge in [-0.2, -0.15) is 0 Å². The van der Waals surface area contributed by atoms with E-state index in [1.165, 1.54) is 0 Å². The van der Waals surface area contributed by atoms with Gasteiger partial charge in [-0.25, -0.2) is 4.79 Å². The second kappa shape index (κ2) is 3.88. The van der Waals surface area contributed by atoms with Crippen LogP contribution in [0, 0.1) is 0 Å². The Kier molecular flexibility index (Phi) is 2.57. The number of imidazole rings is 1. The molecule has 0 aliphatic carbocycles. The zero-order valence-corrected chi connectivity index (χ0v) is 8.50. The van der Waals surface area contributed by atoms with E-state index in [-0.39, 0.29) is 11.7 Å². The van der Waals surface area contributed by atoms with Gasteiger partial charge in [-0.15, -0.1) is 0 Å². The van der Waals surface area contributed by atoms with Crippen LogP contribution in [-0.4, -0.2) is 23.6 Å².